The highest BCUT2D eigenvalue weighted by atomic mass is 32.2. The van der Waals surface area contributed by atoms with Crippen molar-refractivity contribution >= 4 is 10.1 Å². The third-order valence-electron chi connectivity index (χ3n) is 3.12. The van der Waals surface area contributed by atoms with E-state index in [2.05, 4.69) is 0 Å². The molecular formula is C8F17O3S-. The van der Waals surface area contributed by atoms with Crippen LogP contribution in [0.2, 0.25) is 0 Å². The molecule has 0 aliphatic carbocycles. The van der Waals surface area contributed by atoms with Crippen molar-refractivity contribution in [3.8, 4) is 0 Å². The molecule has 0 bridgehead atoms. The monoisotopic (exact) mass is 499 g/mol. The molecule has 0 heterocycles. The topological polar surface area (TPSA) is 57.2 Å². The average molecular weight is 499 g/mol. The lowest BCUT2D eigenvalue weighted by atomic mass is 9.83. The van der Waals surface area contributed by atoms with Crippen LogP contribution >= 0.6 is 0 Å². The Bertz CT molecular complexity index is 729. The molecule has 29 heavy (non-hydrogen) atoms. The second-order valence-electron chi connectivity index (χ2n) is 4.92. The van der Waals surface area contributed by atoms with E-state index in [1.165, 1.54) is 0 Å². The summed E-state index contributed by atoms with van der Waals surface area (Å²) < 4.78 is 246. The van der Waals surface area contributed by atoms with Crippen molar-refractivity contribution < 1.29 is 87.6 Å². The first-order valence-corrected chi connectivity index (χ1v) is 7.08. The lowest BCUT2D eigenvalue weighted by molar-refractivity contribution is -0.447. The van der Waals surface area contributed by atoms with E-state index in [4.69, 9.17) is 0 Å². The second kappa shape index (κ2) is 6.36. The molecular weight excluding hydrogens is 499 g/mol. The molecule has 0 radical (unpaired) electrons. The van der Waals surface area contributed by atoms with Crippen molar-refractivity contribution in [1.29, 1.82) is 0 Å². The highest BCUT2D eigenvalue weighted by Gasteiger charge is 2.99. The van der Waals surface area contributed by atoms with Crippen molar-refractivity contribution in [2.75, 3.05) is 0 Å². The van der Waals surface area contributed by atoms with Crippen LogP contribution in [0.3, 0.4) is 0 Å². The summed E-state index contributed by atoms with van der Waals surface area (Å²) in [4.78, 5) is 0. The summed E-state index contributed by atoms with van der Waals surface area (Å²) in [6.45, 7) is 0. The van der Waals surface area contributed by atoms with Crippen LogP contribution in [0.4, 0.5) is 74.6 Å². The average Bonchev–Trinajstić information content (AvgIpc) is 2.39. The van der Waals surface area contributed by atoms with E-state index < -0.39 is 57.1 Å². The Balaban J connectivity index is 7.75. The van der Waals surface area contributed by atoms with Gasteiger partial charge in [0.1, 0.15) is 10.1 Å². The Hall–Kier alpha value is -1.28. The quantitative estimate of drug-likeness (QED) is 0.414. The Morgan fingerprint density at radius 3 is 0.897 bits per heavy atom. The molecule has 0 amide bonds. The Labute approximate surface area is 146 Å². The number of rotatable bonds is 5. The summed E-state index contributed by atoms with van der Waals surface area (Å²) >= 11 is 0. The molecule has 0 aromatic rings. The van der Waals surface area contributed by atoms with Crippen LogP contribution < -0.4 is 0 Å². The fourth-order valence-corrected chi connectivity index (χ4v) is 2.55. The van der Waals surface area contributed by atoms with Crippen LogP contribution in [-0.4, -0.2) is 59.9 Å². The SMILES string of the molecule is O=S(=O)([O-])C(F)(C(F)(F)C(F)(F)F)C(F)(F)C(F)(C(F)(F)F)C(F)(F)C(F)(F)F. The molecule has 0 spiro atoms. The van der Waals surface area contributed by atoms with E-state index in [0.29, 0.717) is 0 Å². The molecule has 0 N–H and O–H groups in total. The molecule has 176 valence electrons. The molecule has 0 saturated heterocycles. The van der Waals surface area contributed by atoms with E-state index >= 15 is 0 Å². The second-order valence-corrected chi connectivity index (χ2v) is 6.40. The van der Waals surface area contributed by atoms with Gasteiger partial charge in [0.15, 0.2) is 0 Å². The number of alkyl halides is 17. The van der Waals surface area contributed by atoms with Gasteiger partial charge in [-0.1, -0.05) is 0 Å². The summed E-state index contributed by atoms with van der Waals surface area (Å²) in [5.74, 6) is -26.6. The maximum Gasteiger partial charge on any atom is 0.458 e. The molecule has 21 heteroatoms. The fourth-order valence-electron chi connectivity index (χ4n) is 1.66. The lowest BCUT2D eigenvalue weighted by Crippen LogP contribution is -2.80. The van der Waals surface area contributed by atoms with Crippen LogP contribution in [0.25, 0.3) is 0 Å². The summed E-state index contributed by atoms with van der Waals surface area (Å²) in [5, 5.41) is -8.87. The normalized spacial score (nSPS) is 20.2. The van der Waals surface area contributed by atoms with Gasteiger partial charge in [-0.3, -0.25) is 0 Å². The van der Waals surface area contributed by atoms with Gasteiger partial charge < -0.3 is 4.55 Å². The first kappa shape index (κ1) is 27.7. The smallest absolute Gasteiger partial charge is 0.458 e. The molecule has 3 nitrogen and oxygen atoms in total. The number of hydrogen-bond acceptors (Lipinski definition) is 3. The van der Waals surface area contributed by atoms with Gasteiger partial charge in [0.05, 0.1) is 0 Å². The summed E-state index contributed by atoms with van der Waals surface area (Å²) in [6.07, 6.45) is -24.9. The van der Waals surface area contributed by atoms with Crippen LogP contribution in [-0.2, 0) is 10.1 Å². The highest BCUT2D eigenvalue weighted by Crippen LogP contribution is 2.66. The van der Waals surface area contributed by atoms with Gasteiger partial charge in [0.25, 0.3) is 0 Å². The van der Waals surface area contributed by atoms with Crippen molar-refractivity contribution in [1.82, 2.24) is 0 Å². The van der Waals surface area contributed by atoms with Gasteiger partial charge in [-0.05, 0) is 0 Å². The maximum atomic E-state index is 13.7. The fraction of sp³-hybridized carbons (Fsp3) is 1.00. The van der Waals surface area contributed by atoms with Gasteiger partial charge in [0, 0.05) is 0 Å². The molecule has 0 aromatic carbocycles. The summed E-state index contributed by atoms with van der Waals surface area (Å²) in [5.41, 5.74) is -9.15. The summed E-state index contributed by atoms with van der Waals surface area (Å²) in [6, 6.07) is 0. The highest BCUT2D eigenvalue weighted by molar-refractivity contribution is 7.87. The molecule has 0 saturated carbocycles. The van der Waals surface area contributed by atoms with E-state index in [-0.39, 0.29) is 0 Å². The van der Waals surface area contributed by atoms with E-state index in [1.54, 1.807) is 0 Å². The van der Waals surface area contributed by atoms with E-state index in [0.717, 1.165) is 0 Å². The molecule has 2 unspecified atom stereocenters. The van der Waals surface area contributed by atoms with Gasteiger partial charge in [0.2, 0.25) is 0 Å². The van der Waals surface area contributed by atoms with Crippen molar-refractivity contribution in [3.05, 3.63) is 0 Å². The van der Waals surface area contributed by atoms with Gasteiger partial charge in [-0.2, -0.15) is 65.9 Å². The number of halogens is 17. The van der Waals surface area contributed by atoms with Gasteiger partial charge >= 0.3 is 47.0 Å². The first-order chi connectivity index (χ1) is 12.0. The molecule has 0 rings (SSSR count). The minimum Gasteiger partial charge on any atom is -0.745 e. The zero-order chi connectivity index (χ0) is 24.5. The largest absolute Gasteiger partial charge is 0.745 e. The van der Waals surface area contributed by atoms with Crippen LogP contribution in [0.15, 0.2) is 0 Å². The zero-order valence-electron chi connectivity index (χ0n) is 12.1. The number of hydrogen-bond donors (Lipinski definition) is 0. The lowest BCUT2D eigenvalue weighted by Gasteiger charge is -2.47. The van der Waals surface area contributed by atoms with Crippen LogP contribution in [0, 0.1) is 0 Å². The van der Waals surface area contributed by atoms with Crippen molar-refractivity contribution in [2.24, 2.45) is 0 Å². The first-order valence-electron chi connectivity index (χ1n) is 5.67. The maximum absolute atomic E-state index is 13.7. The van der Waals surface area contributed by atoms with E-state index in [9.17, 15) is 87.6 Å². The minimum atomic E-state index is -9.24. The third-order valence-corrected chi connectivity index (χ3v) is 4.32. The standard InChI is InChI=1S/C8HF17O3S/c9-1(6(17,18)19,3(12,13)7(20,21)22)2(10,11)5(16,29(26,27)28)4(14,15)8(23,24)25/h(H,26,27,28)/p-1. The molecule has 0 aliphatic rings. The Kier molecular flexibility index (Phi) is 6.08. The van der Waals surface area contributed by atoms with E-state index in [1.807, 2.05) is 0 Å². The Morgan fingerprint density at radius 1 is 0.448 bits per heavy atom. The molecule has 2 atom stereocenters. The van der Waals surface area contributed by atoms with Crippen molar-refractivity contribution in [2.45, 2.75) is 47.0 Å². The van der Waals surface area contributed by atoms with Crippen molar-refractivity contribution in [3.63, 3.8) is 0 Å². The van der Waals surface area contributed by atoms with Gasteiger partial charge in [-0.15, -0.1) is 0 Å². The summed E-state index contributed by atoms with van der Waals surface area (Å²) in [7, 11) is -8.99. The Morgan fingerprint density at radius 2 is 0.724 bits per heavy atom. The van der Waals surface area contributed by atoms with Gasteiger partial charge in [-0.25, -0.2) is 17.2 Å². The van der Waals surface area contributed by atoms with Crippen LogP contribution in [0.1, 0.15) is 0 Å². The molecule has 0 fully saturated rings. The molecule has 0 aromatic heterocycles. The zero-order valence-corrected chi connectivity index (χ0v) is 12.9. The molecule has 0 aliphatic heterocycles. The predicted octanol–water partition coefficient (Wildman–Crippen LogP) is 4.50. The predicted molar refractivity (Wildman–Crippen MR) is 50.4 cm³/mol. The third kappa shape index (κ3) is 3.26. The van der Waals surface area contributed by atoms with Crippen LogP contribution in [0.5, 0.6) is 0 Å². The minimum absolute atomic E-state index is 8.14.